The number of hydrogen-bond donors (Lipinski definition) is 2. The van der Waals surface area contributed by atoms with Gasteiger partial charge in [-0.15, -0.1) is 0 Å². The van der Waals surface area contributed by atoms with Gasteiger partial charge in [0.05, 0.1) is 23.3 Å². The molecule has 4 heterocycles. The first-order valence-electron chi connectivity index (χ1n) is 9.75. The zero-order valence-electron chi connectivity index (χ0n) is 16.2. The number of rotatable bonds is 3. The van der Waals surface area contributed by atoms with Crippen LogP contribution in [0.25, 0.3) is 55.7 Å². The molecule has 0 amide bonds. The zero-order chi connectivity index (χ0) is 20.8. The van der Waals surface area contributed by atoms with Gasteiger partial charge >= 0.3 is 0 Å². The number of aromatic amines is 2. The molecule has 0 aliphatic heterocycles. The van der Waals surface area contributed by atoms with Gasteiger partial charge < -0.3 is 4.98 Å². The SMILES string of the molecule is Fc1ccccc1-c1cccc2[nH]c(-c3[nH]nc4ncc(-c5cnccn5)cc34)cc12. The van der Waals surface area contributed by atoms with Gasteiger partial charge in [-0.25, -0.2) is 9.37 Å². The van der Waals surface area contributed by atoms with E-state index in [2.05, 4.69) is 30.1 Å². The number of halogens is 1. The van der Waals surface area contributed by atoms with Crippen molar-refractivity contribution in [1.82, 2.24) is 30.1 Å². The van der Waals surface area contributed by atoms with Crippen LogP contribution in [0.1, 0.15) is 0 Å². The molecule has 0 unspecified atom stereocenters. The summed E-state index contributed by atoms with van der Waals surface area (Å²) in [5.74, 6) is -0.248. The van der Waals surface area contributed by atoms with E-state index >= 15 is 0 Å². The van der Waals surface area contributed by atoms with Crippen LogP contribution >= 0.6 is 0 Å². The Bertz CT molecular complexity index is 1550. The lowest BCUT2D eigenvalue weighted by molar-refractivity contribution is 0.631. The molecule has 6 rings (SSSR count). The molecule has 0 saturated heterocycles. The summed E-state index contributed by atoms with van der Waals surface area (Å²) in [6, 6.07) is 16.6. The summed E-state index contributed by atoms with van der Waals surface area (Å²) >= 11 is 0. The highest BCUT2D eigenvalue weighted by Gasteiger charge is 2.15. The predicted molar refractivity (Wildman–Crippen MR) is 118 cm³/mol. The van der Waals surface area contributed by atoms with Gasteiger partial charge in [0, 0.05) is 46.0 Å². The molecule has 0 spiro atoms. The lowest BCUT2D eigenvalue weighted by atomic mass is 10.0. The second kappa shape index (κ2) is 6.84. The topological polar surface area (TPSA) is 83.1 Å². The lowest BCUT2D eigenvalue weighted by Crippen LogP contribution is -1.86. The molecular formula is C24H15FN6. The minimum atomic E-state index is -0.248. The monoisotopic (exact) mass is 406 g/mol. The Labute approximate surface area is 175 Å². The summed E-state index contributed by atoms with van der Waals surface area (Å²) in [5.41, 5.74) is 6.17. The van der Waals surface area contributed by atoms with Crippen LogP contribution in [-0.2, 0) is 0 Å². The van der Waals surface area contributed by atoms with E-state index in [0.717, 1.165) is 44.5 Å². The van der Waals surface area contributed by atoms with E-state index in [1.54, 1.807) is 36.9 Å². The van der Waals surface area contributed by atoms with Crippen molar-refractivity contribution >= 4 is 21.9 Å². The molecule has 31 heavy (non-hydrogen) atoms. The molecule has 7 heteroatoms. The molecule has 4 aromatic heterocycles. The summed E-state index contributed by atoms with van der Waals surface area (Å²) in [5, 5.41) is 9.23. The van der Waals surface area contributed by atoms with E-state index in [1.807, 2.05) is 36.4 Å². The molecule has 0 fully saturated rings. The summed E-state index contributed by atoms with van der Waals surface area (Å²) < 4.78 is 14.5. The van der Waals surface area contributed by atoms with Crippen molar-refractivity contribution < 1.29 is 4.39 Å². The third-order valence-electron chi connectivity index (χ3n) is 5.37. The molecule has 0 atom stereocenters. The molecule has 6 nitrogen and oxygen atoms in total. The van der Waals surface area contributed by atoms with Crippen LogP contribution < -0.4 is 0 Å². The molecule has 0 saturated carbocycles. The number of H-pyrrole nitrogens is 2. The van der Waals surface area contributed by atoms with Crippen molar-refractivity contribution in [1.29, 1.82) is 0 Å². The van der Waals surface area contributed by atoms with E-state index in [0.29, 0.717) is 11.2 Å². The highest BCUT2D eigenvalue weighted by atomic mass is 19.1. The van der Waals surface area contributed by atoms with Gasteiger partial charge in [-0.2, -0.15) is 5.10 Å². The second-order valence-electron chi connectivity index (χ2n) is 7.21. The number of fused-ring (bicyclic) bond motifs is 2. The Morgan fingerprint density at radius 2 is 1.71 bits per heavy atom. The third kappa shape index (κ3) is 2.86. The minimum absolute atomic E-state index is 0.248. The van der Waals surface area contributed by atoms with Crippen molar-refractivity contribution in [3.05, 3.63) is 85.2 Å². The van der Waals surface area contributed by atoms with Crippen LogP contribution in [0.2, 0.25) is 0 Å². The summed E-state index contributed by atoms with van der Waals surface area (Å²) in [7, 11) is 0. The maximum Gasteiger partial charge on any atom is 0.181 e. The number of pyridine rings is 1. The van der Waals surface area contributed by atoms with Crippen molar-refractivity contribution in [2.75, 3.05) is 0 Å². The number of benzene rings is 2. The molecule has 0 radical (unpaired) electrons. The Morgan fingerprint density at radius 3 is 2.58 bits per heavy atom. The minimum Gasteiger partial charge on any atom is -0.353 e. The van der Waals surface area contributed by atoms with Crippen LogP contribution in [0.4, 0.5) is 4.39 Å². The smallest absolute Gasteiger partial charge is 0.181 e. The van der Waals surface area contributed by atoms with Crippen LogP contribution in [0.3, 0.4) is 0 Å². The van der Waals surface area contributed by atoms with Crippen LogP contribution in [-0.4, -0.2) is 30.1 Å². The summed E-state index contributed by atoms with van der Waals surface area (Å²) in [6.07, 6.45) is 6.72. The Morgan fingerprint density at radius 1 is 0.806 bits per heavy atom. The van der Waals surface area contributed by atoms with Gasteiger partial charge in [-0.05, 0) is 29.8 Å². The van der Waals surface area contributed by atoms with Crippen molar-refractivity contribution in [3.63, 3.8) is 0 Å². The average Bonchev–Trinajstić information content (AvgIpc) is 3.43. The van der Waals surface area contributed by atoms with E-state index in [-0.39, 0.29) is 5.82 Å². The van der Waals surface area contributed by atoms with Gasteiger partial charge in [-0.3, -0.25) is 15.1 Å². The van der Waals surface area contributed by atoms with E-state index in [1.165, 1.54) is 6.07 Å². The molecule has 0 aliphatic rings. The van der Waals surface area contributed by atoms with E-state index < -0.39 is 0 Å². The Balaban J connectivity index is 1.53. The fourth-order valence-electron chi connectivity index (χ4n) is 3.90. The van der Waals surface area contributed by atoms with Crippen LogP contribution in [0.15, 0.2) is 79.4 Å². The highest BCUT2D eigenvalue weighted by Crippen LogP contribution is 2.35. The predicted octanol–water partition coefficient (Wildman–Crippen LogP) is 5.37. The number of aromatic nitrogens is 6. The number of nitrogens with zero attached hydrogens (tertiary/aromatic N) is 4. The number of nitrogens with one attached hydrogen (secondary N) is 2. The highest BCUT2D eigenvalue weighted by molar-refractivity contribution is 6.01. The molecule has 0 aliphatic carbocycles. The normalized spacial score (nSPS) is 11.4. The average molecular weight is 406 g/mol. The fraction of sp³-hybridized carbons (Fsp3) is 0. The van der Waals surface area contributed by atoms with E-state index in [4.69, 9.17) is 0 Å². The molecule has 2 aromatic carbocycles. The summed E-state index contributed by atoms with van der Waals surface area (Å²) in [6.45, 7) is 0. The maximum atomic E-state index is 14.5. The van der Waals surface area contributed by atoms with E-state index in [9.17, 15) is 4.39 Å². The molecule has 2 N–H and O–H groups in total. The van der Waals surface area contributed by atoms with Gasteiger partial charge in [-0.1, -0.05) is 30.3 Å². The van der Waals surface area contributed by atoms with Crippen molar-refractivity contribution in [3.8, 4) is 33.8 Å². The molecule has 0 bridgehead atoms. The maximum absolute atomic E-state index is 14.5. The second-order valence-corrected chi connectivity index (χ2v) is 7.21. The lowest BCUT2D eigenvalue weighted by Gasteiger charge is -2.04. The quantitative estimate of drug-likeness (QED) is 0.414. The van der Waals surface area contributed by atoms with Crippen LogP contribution in [0.5, 0.6) is 0 Å². The zero-order valence-corrected chi connectivity index (χ0v) is 16.2. The van der Waals surface area contributed by atoms with Crippen LogP contribution in [0, 0.1) is 5.82 Å². The largest absolute Gasteiger partial charge is 0.353 e. The number of hydrogen-bond acceptors (Lipinski definition) is 4. The Kier molecular flexibility index (Phi) is 3.86. The first kappa shape index (κ1) is 17.5. The van der Waals surface area contributed by atoms with Gasteiger partial charge in [0.1, 0.15) is 5.82 Å². The standard InChI is InChI=1S/C24H15FN6/c25-19-6-2-1-4-16(19)15-5-3-7-20-17(15)11-21(29-20)23-18-10-14(12-28-24(18)31-30-23)22-13-26-8-9-27-22/h1-13,29H,(H,28,30,31). The third-order valence-corrected chi connectivity index (χ3v) is 5.37. The van der Waals surface area contributed by atoms with Gasteiger partial charge in [0.2, 0.25) is 0 Å². The van der Waals surface area contributed by atoms with Gasteiger partial charge in [0.25, 0.3) is 0 Å². The summed E-state index contributed by atoms with van der Waals surface area (Å²) in [4.78, 5) is 16.4. The van der Waals surface area contributed by atoms with Crippen molar-refractivity contribution in [2.45, 2.75) is 0 Å². The van der Waals surface area contributed by atoms with Crippen molar-refractivity contribution in [2.24, 2.45) is 0 Å². The van der Waals surface area contributed by atoms with Gasteiger partial charge in [0.15, 0.2) is 5.65 Å². The first-order valence-corrected chi connectivity index (χ1v) is 9.75. The fourth-order valence-corrected chi connectivity index (χ4v) is 3.90. The molecular weight excluding hydrogens is 391 g/mol. The molecule has 6 aromatic rings. The Hall–Kier alpha value is -4.39. The first-order chi connectivity index (χ1) is 15.3. The molecule has 148 valence electrons.